The average molecular weight is 332 g/mol. The first-order valence-electron chi connectivity index (χ1n) is 8.32. The zero-order valence-electron chi connectivity index (χ0n) is 14.1. The molecule has 2 atom stereocenters. The normalized spacial score (nSPS) is 16.8. The van der Waals surface area contributed by atoms with Gasteiger partial charge < -0.3 is 15.3 Å². The number of likely N-dealkylation sites (tertiary alicyclic amines) is 1. The van der Waals surface area contributed by atoms with Crippen molar-refractivity contribution < 1.29 is 19.5 Å². The first-order valence-corrected chi connectivity index (χ1v) is 8.32. The molecule has 6 heteroatoms. The van der Waals surface area contributed by atoms with Gasteiger partial charge in [-0.15, -0.1) is 0 Å². The molecule has 6 nitrogen and oxygen atoms in total. The number of hydrogen-bond donors (Lipinski definition) is 2. The molecular formula is C18H24N2O4. The lowest BCUT2D eigenvalue weighted by atomic mass is 9.99. The first kappa shape index (κ1) is 18.0. The maximum atomic E-state index is 12.2. The molecule has 1 heterocycles. The van der Waals surface area contributed by atoms with Crippen LogP contribution >= 0.6 is 0 Å². The average Bonchev–Trinajstić information content (AvgIpc) is 2.97. The first-order chi connectivity index (χ1) is 11.4. The number of nitrogens with one attached hydrogen (secondary N) is 1. The number of carboxylic acid groups (broad SMARTS) is 1. The Hall–Kier alpha value is -2.37. The van der Waals surface area contributed by atoms with Gasteiger partial charge in [-0.05, 0) is 30.0 Å². The highest BCUT2D eigenvalue weighted by molar-refractivity contribution is 5.96. The summed E-state index contributed by atoms with van der Waals surface area (Å²) < 4.78 is 0. The minimum Gasteiger partial charge on any atom is -0.480 e. The van der Waals surface area contributed by atoms with E-state index in [1.165, 1.54) is 0 Å². The number of benzene rings is 1. The lowest BCUT2D eigenvalue weighted by Crippen LogP contribution is -2.45. The van der Waals surface area contributed by atoms with Gasteiger partial charge in [0.05, 0.1) is 0 Å². The summed E-state index contributed by atoms with van der Waals surface area (Å²) in [4.78, 5) is 37.0. The van der Waals surface area contributed by atoms with Crippen molar-refractivity contribution in [3.05, 3.63) is 35.4 Å². The molecule has 1 aromatic rings. The fourth-order valence-corrected chi connectivity index (χ4v) is 2.76. The maximum absolute atomic E-state index is 12.2. The quantitative estimate of drug-likeness (QED) is 0.800. The Bertz CT molecular complexity index is 612. The molecule has 1 aliphatic rings. The Morgan fingerprint density at radius 2 is 1.96 bits per heavy atom. The van der Waals surface area contributed by atoms with Crippen molar-refractivity contribution in [1.29, 1.82) is 0 Å². The number of nitrogens with zero attached hydrogens (tertiary/aromatic N) is 1. The van der Waals surface area contributed by atoms with Gasteiger partial charge >= 0.3 is 5.97 Å². The molecule has 1 aliphatic heterocycles. The van der Waals surface area contributed by atoms with Crippen molar-refractivity contribution in [2.24, 2.45) is 5.92 Å². The molecule has 0 saturated carbocycles. The van der Waals surface area contributed by atoms with E-state index in [2.05, 4.69) is 5.32 Å². The summed E-state index contributed by atoms with van der Waals surface area (Å²) in [5.74, 6) is -1.41. The predicted molar refractivity (Wildman–Crippen MR) is 89.4 cm³/mol. The van der Waals surface area contributed by atoms with Crippen molar-refractivity contribution in [3.8, 4) is 0 Å². The number of amides is 2. The minimum atomic E-state index is -1.03. The molecule has 0 unspecified atom stereocenters. The highest BCUT2D eigenvalue weighted by Crippen LogP contribution is 2.15. The molecule has 0 aromatic heterocycles. The summed E-state index contributed by atoms with van der Waals surface area (Å²) in [6.07, 6.45) is 2.16. The molecule has 1 fully saturated rings. The number of carboxylic acids is 1. The van der Waals surface area contributed by atoms with Crippen LogP contribution < -0.4 is 5.32 Å². The van der Waals surface area contributed by atoms with E-state index < -0.39 is 17.9 Å². The van der Waals surface area contributed by atoms with Crippen LogP contribution in [0.2, 0.25) is 0 Å². The van der Waals surface area contributed by atoms with Crippen LogP contribution in [0.1, 0.15) is 49.0 Å². The second-order valence-corrected chi connectivity index (χ2v) is 6.29. The summed E-state index contributed by atoms with van der Waals surface area (Å²) in [5.41, 5.74) is 1.37. The molecule has 0 radical (unpaired) electrons. The third kappa shape index (κ3) is 4.34. The highest BCUT2D eigenvalue weighted by Gasteiger charge is 2.26. The molecule has 0 spiro atoms. The smallest absolute Gasteiger partial charge is 0.326 e. The Labute approximate surface area is 141 Å². The van der Waals surface area contributed by atoms with Gasteiger partial charge in [0, 0.05) is 25.1 Å². The minimum absolute atomic E-state index is 0.146. The summed E-state index contributed by atoms with van der Waals surface area (Å²) in [6.45, 7) is 5.01. The Balaban J connectivity index is 2.00. The summed E-state index contributed by atoms with van der Waals surface area (Å²) in [7, 11) is 0. The fraction of sp³-hybridized carbons (Fsp3) is 0.500. The standard InChI is InChI=1S/C18H24N2O4/c1-3-12(2)16(18(23)24)19-17(22)14-8-6-13(7-9-14)11-20-10-4-5-15(20)21/h6-9,12,16H,3-5,10-11H2,1-2H3,(H,19,22)(H,23,24)/t12-,16-/m0/s1. The molecule has 24 heavy (non-hydrogen) atoms. The number of rotatable bonds is 7. The van der Waals surface area contributed by atoms with Crippen molar-refractivity contribution >= 4 is 17.8 Å². The van der Waals surface area contributed by atoms with Gasteiger partial charge in [-0.3, -0.25) is 9.59 Å². The van der Waals surface area contributed by atoms with E-state index in [4.69, 9.17) is 0 Å². The largest absolute Gasteiger partial charge is 0.480 e. The van der Waals surface area contributed by atoms with Gasteiger partial charge in [0.25, 0.3) is 5.91 Å². The molecule has 0 aliphatic carbocycles. The van der Waals surface area contributed by atoms with E-state index in [9.17, 15) is 19.5 Å². The number of carbonyl (C=O) groups excluding carboxylic acids is 2. The second-order valence-electron chi connectivity index (χ2n) is 6.29. The van der Waals surface area contributed by atoms with E-state index in [-0.39, 0.29) is 11.8 Å². The summed E-state index contributed by atoms with van der Waals surface area (Å²) >= 11 is 0. The Morgan fingerprint density at radius 3 is 2.46 bits per heavy atom. The molecule has 130 valence electrons. The number of hydrogen-bond acceptors (Lipinski definition) is 3. The monoisotopic (exact) mass is 332 g/mol. The Morgan fingerprint density at radius 1 is 1.29 bits per heavy atom. The van der Waals surface area contributed by atoms with E-state index in [1.807, 2.05) is 6.92 Å². The van der Waals surface area contributed by atoms with E-state index >= 15 is 0 Å². The van der Waals surface area contributed by atoms with Gasteiger partial charge in [0.15, 0.2) is 0 Å². The van der Waals surface area contributed by atoms with Gasteiger partial charge in [-0.2, -0.15) is 0 Å². The van der Waals surface area contributed by atoms with Crippen molar-refractivity contribution in [2.45, 2.75) is 45.7 Å². The molecular weight excluding hydrogens is 308 g/mol. The van der Waals surface area contributed by atoms with Crippen LogP contribution in [-0.2, 0) is 16.1 Å². The van der Waals surface area contributed by atoms with Crippen LogP contribution in [0.5, 0.6) is 0 Å². The molecule has 2 rings (SSSR count). The summed E-state index contributed by atoms with van der Waals surface area (Å²) in [5, 5.41) is 11.8. The van der Waals surface area contributed by atoms with E-state index in [0.29, 0.717) is 24.9 Å². The van der Waals surface area contributed by atoms with Crippen LogP contribution in [-0.4, -0.2) is 40.4 Å². The van der Waals surface area contributed by atoms with Gasteiger partial charge in [0.2, 0.25) is 5.91 Å². The predicted octanol–water partition coefficient (Wildman–Crippen LogP) is 2.04. The lowest BCUT2D eigenvalue weighted by molar-refractivity contribution is -0.140. The van der Waals surface area contributed by atoms with Crippen LogP contribution in [0.25, 0.3) is 0 Å². The SMILES string of the molecule is CC[C@H](C)[C@H](NC(=O)c1ccc(CN2CCCC2=O)cc1)C(=O)O. The third-order valence-electron chi connectivity index (χ3n) is 4.53. The highest BCUT2D eigenvalue weighted by atomic mass is 16.4. The zero-order valence-corrected chi connectivity index (χ0v) is 14.1. The van der Waals surface area contributed by atoms with Gasteiger partial charge in [-0.1, -0.05) is 32.4 Å². The molecule has 2 amide bonds. The fourth-order valence-electron chi connectivity index (χ4n) is 2.76. The lowest BCUT2D eigenvalue weighted by Gasteiger charge is -2.20. The molecule has 1 saturated heterocycles. The zero-order chi connectivity index (χ0) is 17.7. The van der Waals surface area contributed by atoms with Crippen molar-refractivity contribution in [1.82, 2.24) is 10.2 Å². The number of aliphatic carboxylic acids is 1. The summed E-state index contributed by atoms with van der Waals surface area (Å²) in [6, 6.07) is 6.05. The van der Waals surface area contributed by atoms with Crippen molar-refractivity contribution in [2.75, 3.05) is 6.54 Å². The van der Waals surface area contributed by atoms with Crippen molar-refractivity contribution in [3.63, 3.8) is 0 Å². The van der Waals surface area contributed by atoms with Crippen LogP contribution in [0.15, 0.2) is 24.3 Å². The Kier molecular flexibility index (Phi) is 5.95. The molecule has 0 bridgehead atoms. The number of carbonyl (C=O) groups is 3. The van der Waals surface area contributed by atoms with E-state index in [0.717, 1.165) is 18.5 Å². The van der Waals surface area contributed by atoms with Crippen LogP contribution in [0.3, 0.4) is 0 Å². The van der Waals surface area contributed by atoms with Gasteiger partial charge in [0.1, 0.15) is 6.04 Å². The van der Waals surface area contributed by atoms with Crippen LogP contribution in [0, 0.1) is 5.92 Å². The van der Waals surface area contributed by atoms with Crippen LogP contribution in [0.4, 0.5) is 0 Å². The third-order valence-corrected chi connectivity index (χ3v) is 4.53. The molecule has 2 N–H and O–H groups in total. The van der Waals surface area contributed by atoms with Gasteiger partial charge in [-0.25, -0.2) is 4.79 Å². The second kappa shape index (κ2) is 7.95. The maximum Gasteiger partial charge on any atom is 0.326 e. The van der Waals surface area contributed by atoms with E-state index in [1.54, 1.807) is 36.1 Å². The topological polar surface area (TPSA) is 86.7 Å². The molecule has 1 aromatic carbocycles.